The van der Waals surface area contributed by atoms with Gasteiger partial charge >= 0.3 is 5.97 Å². The number of carbonyl (C=O) groups is 1. The summed E-state index contributed by atoms with van der Waals surface area (Å²) in [6.07, 6.45) is 0.319. The topological polar surface area (TPSA) is 46.5 Å². The zero-order valence-corrected chi connectivity index (χ0v) is 10.2. The van der Waals surface area contributed by atoms with Crippen LogP contribution in [0.3, 0.4) is 0 Å². The van der Waals surface area contributed by atoms with Crippen LogP contribution in [-0.4, -0.2) is 11.1 Å². The number of benzene rings is 1. The molecule has 0 spiro atoms. The zero-order valence-electron chi connectivity index (χ0n) is 10.2. The number of rotatable bonds is 2. The first-order valence-corrected chi connectivity index (χ1v) is 5.39. The van der Waals surface area contributed by atoms with E-state index in [1.807, 2.05) is 20.8 Å². The average Bonchev–Trinajstić information content (AvgIpc) is 2.15. The van der Waals surface area contributed by atoms with E-state index in [9.17, 15) is 9.90 Å². The molecule has 0 heterocycles. The highest BCUT2D eigenvalue weighted by atomic mass is 16.5. The van der Waals surface area contributed by atoms with Crippen molar-refractivity contribution in [3.63, 3.8) is 0 Å². The molecule has 0 unspecified atom stereocenters. The maximum atomic E-state index is 11.3. The standard InChI is InChI=1S/C13H18O3/c1-5-11(15)16-10-8-6-7-9(14)12(10)13(2,3)4/h6-8,14H,5H2,1-4H3. The summed E-state index contributed by atoms with van der Waals surface area (Å²) >= 11 is 0. The minimum absolute atomic E-state index is 0.161. The van der Waals surface area contributed by atoms with Crippen LogP contribution in [0.5, 0.6) is 11.5 Å². The molecule has 3 heteroatoms. The van der Waals surface area contributed by atoms with Crippen LogP contribution in [0.1, 0.15) is 39.7 Å². The normalized spacial score (nSPS) is 11.2. The lowest BCUT2D eigenvalue weighted by molar-refractivity contribution is -0.134. The molecule has 0 radical (unpaired) electrons. The molecule has 88 valence electrons. The van der Waals surface area contributed by atoms with Gasteiger partial charge in [0.05, 0.1) is 0 Å². The quantitative estimate of drug-likeness (QED) is 0.618. The maximum Gasteiger partial charge on any atom is 0.310 e. The highest BCUT2D eigenvalue weighted by Gasteiger charge is 2.23. The summed E-state index contributed by atoms with van der Waals surface area (Å²) in [5.41, 5.74) is 0.395. The first-order valence-electron chi connectivity index (χ1n) is 5.39. The van der Waals surface area contributed by atoms with Gasteiger partial charge in [-0.25, -0.2) is 0 Å². The number of ether oxygens (including phenoxy) is 1. The molecule has 1 N–H and O–H groups in total. The highest BCUT2D eigenvalue weighted by molar-refractivity contribution is 5.73. The summed E-state index contributed by atoms with van der Waals surface area (Å²) in [6.45, 7) is 7.63. The van der Waals surface area contributed by atoms with Gasteiger partial charge in [0.25, 0.3) is 0 Å². The molecule has 0 bridgehead atoms. The lowest BCUT2D eigenvalue weighted by Gasteiger charge is -2.23. The lowest BCUT2D eigenvalue weighted by Crippen LogP contribution is -2.16. The number of aromatic hydroxyl groups is 1. The van der Waals surface area contributed by atoms with Gasteiger partial charge in [0.2, 0.25) is 0 Å². The van der Waals surface area contributed by atoms with E-state index in [1.165, 1.54) is 0 Å². The van der Waals surface area contributed by atoms with E-state index in [0.29, 0.717) is 17.7 Å². The van der Waals surface area contributed by atoms with Crippen molar-refractivity contribution in [3.05, 3.63) is 23.8 Å². The third-order valence-electron chi connectivity index (χ3n) is 2.27. The number of phenolic OH excluding ortho intramolecular Hbond substituents is 1. The second-order valence-electron chi connectivity index (χ2n) is 4.73. The Bertz CT molecular complexity index is 389. The first kappa shape index (κ1) is 12.6. The Morgan fingerprint density at radius 1 is 1.38 bits per heavy atom. The molecule has 0 aromatic heterocycles. The molecular weight excluding hydrogens is 204 g/mol. The fourth-order valence-electron chi connectivity index (χ4n) is 1.55. The Morgan fingerprint density at radius 2 is 2.00 bits per heavy atom. The van der Waals surface area contributed by atoms with Crippen LogP contribution in [0, 0.1) is 0 Å². The first-order chi connectivity index (χ1) is 7.36. The van der Waals surface area contributed by atoms with Crippen LogP contribution < -0.4 is 4.74 Å². The molecule has 3 nitrogen and oxygen atoms in total. The summed E-state index contributed by atoms with van der Waals surface area (Å²) < 4.78 is 5.20. The van der Waals surface area contributed by atoms with Crippen molar-refractivity contribution in [3.8, 4) is 11.5 Å². The van der Waals surface area contributed by atoms with Crippen molar-refractivity contribution in [1.82, 2.24) is 0 Å². The third kappa shape index (κ3) is 2.75. The van der Waals surface area contributed by atoms with E-state index in [2.05, 4.69) is 0 Å². The third-order valence-corrected chi connectivity index (χ3v) is 2.27. The van der Waals surface area contributed by atoms with Crippen LogP contribution in [0.25, 0.3) is 0 Å². The Labute approximate surface area is 96.1 Å². The van der Waals surface area contributed by atoms with Crippen molar-refractivity contribution in [2.45, 2.75) is 39.5 Å². The van der Waals surface area contributed by atoms with Gasteiger partial charge in [-0.2, -0.15) is 0 Å². The molecule has 0 aliphatic carbocycles. The molecule has 0 saturated heterocycles. The maximum absolute atomic E-state index is 11.3. The Balaban J connectivity index is 3.18. The molecular formula is C13H18O3. The summed E-state index contributed by atoms with van der Waals surface area (Å²) in [5, 5.41) is 9.82. The molecule has 0 fully saturated rings. The zero-order chi connectivity index (χ0) is 12.3. The molecule has 0 atom stereocenters. The van der Waals surface area contributed by atoms with Crippen molar-refractivity contribution in [2.24, 2.45) is 0 Å². The Hall–Kier alpha value is -1.51. The van der Waals surface area contributed by atoms with Crippen LogP contribution in [0.15, 0.2) is 18.2 Å². The minimum atomic E-state index is -0.295. The molecule has 0 aliphatic heterocycles. The smallest absolute Gasteiger partial charge is 0.310 e. The van der Waals surface area contributed by atoms with Gasteiger partial charge < -0.3 is 9.84 Å². The Morgan fingerprint density at radius 3 is 2.50 bits per heavy atom. The number of hydrogen-bond donors (Lipinski definition) is 1. The number of esters is 1. The van der Waals surface area contributed by atoms with Gasteiger partial charge in [-0.15, -0.1) is 0 Å². The van der Waals surface area contributed by atoms with Crippen LogP contribution in [-0.2, 0) is 10.2 Å². The molecule has 0 amide bonds. The SMILES string of the molecule is CCC(=O)Oc1cccc(O)c1C(C)(C)C. The van der Waals surface area contributed by atoms with Crippen LogP contribution in [0.2, 0.25) is 0 Å². The fraction of sp³-hybridized carbons (Fsp3) is 0.462. The van der Waals surface area contributed by atoms with Gasteiger partial charge in [0.1, 0.15) is 11.5 Å². The van der Waals surface area contributed by atoms with Crippen molar-refractivity contribution < 1.29 is 14.6 Å². The molecule has 1 aromatic carbocycles. The predicted octanol–water partition coefficient (Wildman–Crippen LogP) is 3.01. The Kier molecular flexibility index (Phi) is 3.58. The van der Waals surface area contributed by atoms with Gasteiger partial charge in [-0.1, -0.05) is 33.8 Å². The number of phenols is 1. The lowest BCUT2D eigenvalue weighted by atomic mass is 9.85. The molecule has 0 saturated carbocycles. The second kappa shape index (κ2) is 4.56. The van der Waals surface area contributed by atoms with E-state index in [-0.39, 0.29) is 17.1 Å². The van der Waals surface area contributed by atoms with Gasteiger partial charge in [0, 0.05) is 12.0 Å². The summed E-state index contributed by atoms with van der Waals surface area (Å²) in [5.74, 6) is 0.310. The molecule has 1 aromatic rings. The number of carbonyl (C=O) groups excluding carboxylic acids is 1. The van der Waals surface area contributed by atoms with E-state index in [4.69, 9.17) is 4.74 Å². The molecule has 1 rings (SSSR count). The van der Waals surface area contributed by atoms with Crippen molar-refractivity contribution in [2.75, 3.05) is 0 Å². The van der Waals surface area contributed by atoms with E-state index in [0.717, 1.165) is 0 Å². The average molecular weight is 222 g/mol. The summed E-state index contributed by atoms with van der Waals surface area (Å²) in [7, 11) is 0. The highest BCUT2D eigenvalue weighted by Crippen LogP contribution is 2.38. The summed E-state index contributed by atoms with van der Waals surface area (Å²) in [6, 6.07) is 4.97. The van der Waals surface area contributed by atoms with E-state index >= 15 is 0 Å². The van der Waals surface area contributed by atoms with Crippen molar-refractivity contribution in [1.29, 1.82) is 0 Å². The van der Waals surface area contributed by atoms with E-state index in [1.54, 1.807) is 25.1 Å². The molecule has 0 aliphatic rings. The van der Waals surface area contributed by atoms with Gasteiger partial charge in [-0.05, 0) is 17.5 Å². The van der Waals surface area contributed by atoms with Crippen molar-refractivity contribution >= 4 is 5.97 Å². The summed E-state index contributed by atoms with van der Waals surface area (Å²) in [4.78, 5) is 11.3. The van der Waals surface area contributed by atoms with E-state index < -0.39 is 0 Å². The molecule has 16 heavy (non-hydrogen) atoms. The minimum Gasteiger partial charge on any atom is -0.508 e. The monoisotopic (exact) mass is 222 g/mol. The largest absolute Gasteiger partial charge is 0.508 e. The van der Waals surface area contributed by atoms with Crippen LogP contribution >= 0.6 is 0 Å². The predicted molar refractivity (Wildman–Crippen MR) is 62.7 cm³/mol. The second-order valence-corrected chi connectivity index (χ2v) is 4.73. The van der Waals surface area contributed by atoms with Gasteiger partial charge in [-0.3, -0.25) is 4.79 Å². The van der Waals surface area contributed by atoms with Crippen LogP contribution in [0.4, 0.5) is 0 Å². The fourth-order valence-corrected chi connectivity index (χ4v) is 1.55. The number of hydrogen-bond acceptors (Lipinski definition) is 3. The van der Waals surface area contributed by atoms with Gasteiger partial charge in [0.15, 0.2) is 0 Å².